The molecule has 11 heteroatoms. The van der Waals surface area contributed by atoms with Crippen molar-refractivity contribution < 1.29 is 19.0 Å². The summed E-state index contributed by atoms with van der Waals surface area (Å²) >= 11 is 1.44. The Hall–Kier alpha value is -3.60. The fourth-order valence-corrected chi connectivity index (χ4v) is 4.20. The number of thioether (sulfide) groups is 1. The molecule has 0 bridgehead atoms. The van der Waals surface area contributed by atoms with Crippen LogP contribution in [0.3, 0.4) is 0 Å². The number of hydrogen-bond donors (Lipinski definition) is 1. The first-order valence-electron chi connectivity index (χ1n) is 12.1. The highest BCUT2D eigenvalue weighted by Crippen LogP contribution is 2.31. The van der Waals surface area contributed by atoms with Crippen molar-refractivity contribution in [1.29, 1.82) is 0 Å². The number of amides is 1. The lowest BCUT2D eigenvalue weighted by Crippen LogP contribution is -2.42. The summed E-state index contributed by atoms with van der Waals surface area (Å²) in [5.41, 5.74) is 0.657. The quantitative estimate of drug-likeness (QED) is 0.309. The molecule has 1 aliphatic heterocycles. The minimum absolute atomic E-state index is 0.0191. The van der Waals surface area contributed by atoms with Crippen LogP contribution in [0, 0.1) is 0 Å². The number of carbonyl (C=O) groups excluding carboxylic acids is 1. The normalized spacial score (nSPS) is 15.4. The minimum atomic E-state index is -0.544. The van der Waals surface area contributed by atoms with Crippen LogP contribution in [0.4, 0.5) is 10.5 Å². The van der Waals surface area contributed by atoms with Gasteiger partial charge in [-0.2, -0.15) is 4.98 Å². The topological polar surface area (TPSA) is 112 Å². The molecular formula is C26H32N6O4S. The summed E-state index contributed by atoms with van der Waals surface area (Å²) in [4.78, 5) is 32.4. The van der Waals surface area contributed by atoms with Gasteiger partial charge < -0.3 is 24.4 Å². The van der Waals surface area contributed by atoms with Crippen molar-refractivity contribution >= 4 is 23.5 Å². The molecule has 0 unspecified atom stereocenters. The van der Waals surface area contributed by atoms with E-state index in [-0.39, 0.29) is 12.1 Å². The fourth-order valence-electron chi connectivity index (χ4n) is 3.84. The van der Waals surface area contributed by atoms with E-state index in [1.54, 1.807) is 30.5 Å². The molecule has 1 N–H and O–H groups in total. The molecule has 0 saturated carbocycles. The summed E-state index contributed by atoms with van der Waals surface area (Å²) in [6.07, 6.45) is 6.76. The summed E-state index contributed by atoms with van der Waals surface area (Å²) in [5.74, 6) is 2.09. The first kappa shape index (κ1) is 26.5. The van der Waals surface area contributed by atoms with Gasteiger partial charge in [-0.25, -0.2) is 19.7 Å². The van der Waals surface area contributed by atoms with Gasteiger partial charge in [0.05, 0.1) is 19.3 Å². The van der Waals surface area contributed by atoms with Crippen LogP contribution in [0.5, 0.6) is 17.4 Å². The molecule has 0 spiro atoms. The second kappa shape index (κ2) is 11.6. The minimum Gasteiger partial charge on any atom is -0.497 e. The van der Waals surface area contributed by atoms with Crippen LogP contribution in [0.25, 0.3) is 11.5 Å². The highest BCUT2D eigenvalue weighted by Gasteiger charge is 2.32. The summed E-state index contributed by atoms with van der Waals surface area (Å²) in [6.45, 7) is 6.78. The Labute approximate surface area is 221 Å². The summed E-state index contributed by atoms with van der Waals surface area (Å²) in [6, 6.07) is 8.99. The Morgan fingerprint density at radius 1 is 1.14 bits per heavy atom. The van der Waals surface area contributed by atoms with Crippen molar-refractivity contribution in [1.82, 2.24) is 24.8 Å². The third-order valence-electron chi connectivity index (χ3n) is 5.61. The van der Waals surface area contributed by atoms with Crippen molar-refractivity contribution in [3.8, 4) is 28.9 Å². The first-order valence-corrected chi connectivity index (χ1v) is 13.3. The van der Waals surface area contributed by atoms with Crippen molar-refractivity contribution in [3.05, 3.63) is 42.7 Å². The highest BCUT2D eigenvalue weighted by molar-refractivity contribution is 7.98. The van der Waals surface area contributed by atoms with Crippen molar-refractivity contribution in [2.75, 3.05) is 31.8 Å². The Morgan fingerprint density at radius 2 is 1.89 bits per heavy atom. The Bertz CT molecular complexity index is 1220. The molecule has 0 radical (unpaired) electrons. The molecule has 3 aromatic rings. The number of nitrogens with zero attached hydrogens (tertiary/aromatic N) is 5. The molecule has 1 aliphatic rings. The third kappa shape index (κ3) is 7.00. The second-order valence-corrected chi connectivity index (χ2v) is 10.2. The van der Waals surface area contributed by atoms with E-state index in [0.29, 0.717) is 47.1 Å². The zero-order valence-electron chi connectivity index (χ0n) is 21.7. The molecule has 1 amide bonds. The predicted molar refractivity (Wildman–Crippen MR) is 142 cm³/mol. The maximum Gasteiger partial charge on any atom is 0.410 e. The molecule has 1 fully saturated rings. The number of benzene rings is 1. The Balaban J connectivity index is 1.57. The zero-order valence-corrected chi connectivity index (χ0v) is 22.5. The molecule has 1 aromatic carbocycles. The lowest BCUT2D eigenvalue weighted by Gasteiger charge is -2.29. The SMILES string of the molecule is COc1ccc(Oc2nc(-c3ccnc(SC)n3)ncc2NC[C@@H]2CCCN2C(=O)OC(C)(C)C)cc1. The van der Waals surface area contributed by atoms with Gasteiger partial charge in [0.2, 0.25) is 5.88 Å². The van der Waals surface area contributed by atoms with Gasteiger partial charge in [0, 0.05) is 19.3 Å². The predicted octanol–water partition coefficient (Wildman–Crippen LogP) is 5.27. The average molecular weight is 525 g/mol. The van der Waals surface area contributed by atoms with Crippen LogP contribution in [-0.4, -0.2) is 69.0 Å². The number of methoxy groups -OCH3 is 1. The van der Waals surface area contributed by atoms with Gasteiger partial charge in [-0.1, -0.05) is 11.8 Å². The molecule has 1 atom stereocenters. The summed E-state index contributed by atoms with van der Waals surface area (Å²) in [7, 11) is 1.61. The zero-order chi connectivity index (χ0) is 26.4. The molecule has 4 rings (SSSR count). The number of carbonyl (C=O) groups is 1. The van der Waals surface area contributed by atoms with Crippen molar-refractivity contribution in [2.24, 2.45) is 0 Å². The van der Waals surface area contributed by atoms with Gasteiger partial charge in [0.15, 0.2) is 11.0 Å². The summed E-state index contributed by atoms with van der Waals surface area (Å²) < 4.78 is 17.0. The van der Waals surface area contributed by atoms with E-state index >= 15 is 0 Å². The van der Waals surface area contributed by atoms with Gasteiger partial charge in [-0.3, -0.25) is 0 Å². The molecule has 1 saturated heterocycles. The molecular weight excluding hydrogens is 492 g/mol. The van der Waals surface area contributed by atoms with Gasteiger partial charge in [0.25, 0.3) is 0 Å². The monoisotopic (exact) mass is 524 g/mol. The van der Waals surface area contributed by atoms with E-state index < -0.39 is 5.60 Å². The third-order valence-corrected chi connectivity index (χ3v) is 6.17. The lowest BCUT2D eigenvalue weighted by molar-refractivity contribution is 0.0235. The van der Waals surface area contributed by atoms with Gasteiger partial charge in [-0.15, -0.1) is 0 Å². The Kier molecular flexibility index (Phi) is 8.32. The van der Waals surface area contributed by atoms with E-state index in [2.05, 4.69) is 25.3 Å². The average Bonchev–Trinajstić information content (AvgIpc) is 3.36. The largest absolute Gasteiger partial charge is 0.497 e. The van der Waals surface area contributed by atoms with Crippen LogP contribution >= 0.6 is 11.8 Å². The van der Waals surface area contributed by atoms with Crippen LogP contribution in [-0.2, 0) is 4.74 Å². The maximum absolute atomic E-state index is 12.7. The summed E-state index contributed by atoms with van der Waals surface area (Å²) in [5, 5.41) is 4.01. The molecule has 37 heavy (non-hydrogen) atoms. The Morgan fingerprint density at radius 3 is 2.59 bits per heavy atom. The van der Waals surface area contributed by atoms with Crippen LogP contribution in [0.1, 0.15) is 33.6 Å². The van der Waals surface area contributed by atoms with Crippen molar-refractivity contribution in [2.45, 2.75) is 50.4 Å². The molecule has 10 nitrogen and oxygen atoms in total. The number of rotatable bonds is 8. The molecule has 2 aromatic heterocycles. The highest BCUT2D eigenvalue weighted by atomic mass is 32.2. The molecule has 0 aliphatic carbocycles. The lowest BCUT2D eigenvalue weighted by atomic mass is 10.2. The van der Waals surface area contributed by atoms with Crippen LogP contribution < -0.4 is 14.8 Å². The van der Waals surface area contributed by atoms with E-state index in [4.69, 9.17) is 14.2 Å². The maximum atomic E-state index is 12.7. The van der Waals surface area contributed by atoms with Gasteiger partial charge in [0.1, 0.15) is 28.5 Å². The second-order valence-electron chi connectivity index (χ2n) is 9.47. The van der Waals surface area contributed by atoms with E-state index in [9.17, 15) is 4.79 Å². The standard InChI is InChI=1S/C26H32N6O4S/c1-26(2,3)36-25(33)32-14-6-7-17(32)15-28-21-16-29-22(20-12-13-27-24(30-20)37-5)31-23(21)35-19-10-8-18(34-4)9-11-19/h8-13,16-17,28H,6-7,14-15H2,1-5H3/t17-/m0/s1. The van der Waals surface area contributed by atoms with E-state index in [1.165, 1.54) is 11.8 Å². The smallest absolute Gasteiger partial charge is 0.410 e. The number of anilines is 1. The number of nitrogens with one attached hydrogen (secondary N) is 1. The number of hydrogen-bond acceptors (Lipinski definition) is 10. The van der Waals surface area contributed by atoms with E-state index in [0.717, 1.165) is 18.6 Å². The number of aromatic nitrogens is 4. The number of ether oxygens (including phenoxy) is 3. The van der Waals surface area contributed by atoms with Crippen molar-refractivity contribution in [3.63, 3.8) is 0 Å². The van der Waals surface area contributed by atoms with Gasteiger partial charge >= 0.3 is 6.09 Å². The first-order chi connectivity index (χ1) is 17.8. The fraction of sp³-hybridized carbons (Fsp3) is 0.423. The molecule has 196 valence electrons. The number of likely N-dealkylation sites (tertiary alicyclic amines) is 1. The molecule has 3 heterocycles. The van der Waals surface area contributed by atoms with Crippen LogP contribution in [0.15, 0.2) is 47.9 Å². The van der Waals surface area contributed by atoms with Crippen LogP contribution in [0.2, 0.25) is 0 Å². The van der Waals surface area contributed by atoms with Gasteiger partial charge in [-0.05, 0) is 70.2 Å². The van der Waals surface area contributed by atoms with E-state index in [1.807, 2.05) is 51.3 Å².